The van der Waals surface area contributed by atoms with Crippen LogP contribution in [0.3, 0.4) is 0 Å². The molecule has 0 aromatic carbocycles. The molecule has 3 heteroatoms. The predicted molar refractivity (Wildman–Crippen MR) is 50.3 cm³/mol. The summed E-state index contributed by atoms with van der Waals surface area (Å²) in [5.41, 5.74) is -1.72. The molecular formula is C10H20O3. The fraction of sp³-hybridized carbons (Fsp3) is 1.00. The monoisotopic (exact) mass is 188 g/mol. The highest BCUT2D eigenvalue weighted by atomic mass is 16.3. The van der Waals surface area contributed by atoms with Crippen molar-refractivity contribution in [1.29, 1.82) is 0 Å². The molecule has 1 fully saturated rings. The van der Waals surface area contributed by atoms with Gasteiger partial charge in [-0.2, -0.15) is 0 Å². The van der Waals surface area contributed by atoms with E-state index in [0.29, 0.717) is 12.8 Å². The predicted octanol–water partition coefficient (Wildman–Crippen LogP) is 0.669. The molecule has 78 valence electrons. The molecule has 3 nitrogen and oxygen atoms in total. The van der Waals surface area contributed by atoms with Crippen molar-refractivity contribution in [2.75, 3.05) is 0 Å². The molecule has 13 heavy (non-hydrogen) atoms. The molecule has 0 aromatic heterocycles. The first-order valence-corrected chi connectivity index (χ1v) is 4.86. The zero-order valence-corrected chi connectivity index (χ0v) is 8.62. The van der Waals surface area contributed by atoms with Gasteiger partial charge in [0.15, 0.2) is 0 Å². The van der Waals surface area contributed by atoms with Crippen molar-refractivity contribution in [3.8, 4) is 0 Å². The standard InChI is InChI=1S/C10H20O3/c1-9(2,12)7-4-5-10(3,13)8(11)6-7/h7-8,11-13H,4-6H2,1-3H3/t7-,8+,10-/m1/s1. The highest BCUT2D eigenvalue weighted by molar-refractivity contribution is 4.93. The SMILES string of the molecule is CC(C)(O)[C@@H]1CC[C@@](C)(O)[C@@H](O)C1. The average Bonchev–Trinajstić information content (AvgIpc) is 1.92. The van der Waals surface area contributed by atoms with Gasteiger partial charge in [-0.25, -0.2) is 0 Å². The van der Waals surface area contributed by atoms with E-state index in [2.05, 4.69) is 0 Å². The summed E-state index contributed by atoms with van der Waals surface area (Å²) < 4.78 is 0. The van der Waals surface area contributed by atoms with Crippen LogP contribution in [-0.4, -0.2) is 32.6 Å². The van der Waals surface area contributed by atoms with Crippen molar-refractivity contribution in [1.82, 2.24) is 0 Å². The van der Waals surface area contributed by atoms with Gasteiger partial charge in [-0.15, -0.1) is 0 Å². The zero-order valence-electron chi connectivity index (χ0n) is 8.62. The summed E-state index contributed by atoms with van der Waals surface area (Å²) in [6.07, 6.45) is 1.10. The van der Waals surface area contributed by atoms with Crippen LogP contribution in [0.2, 0.25) is 0 Å². The smallest absolute Gasteiger partial charge is 0.0877 e. The molecule has 3 N–H and O–H groups in total. The lowest BCUT2D eigenvalue weighted by molar-refractivity contribution is -0.126. The van der Waals surface area contributed by atoms with Gasteiger partial charge in [0.1, 0.15) is 0 Å². The normalized spacial score (nSPS) is 42.0. The molecule has 0 aromatic rings. The van der Waals surface area contributed by atoms with Crippen molar-refractivity contribution in [2.24, 2.45) is 5.92 Å². The van der Waals surface area contributed by atoms with E-state index in [9.17, 15) is 15.3 Å². The van der Waals surface area contributed by atoms with E-state index in [1.165, 1.54) is 0 Å². The average molecular weight is 188 g/mol. The minimum absolute atomic E-state index is 0.0859. The summed E-state index contributed by atoms with van der Waals surface area (Å²) in [5.74, 6) is 0.0859. The quantitative estimate of drug-likeness (QED) is 0.567. The minimum Gasteiger partial charge on any atom is -0.390 e. The third-order valence-corrected chi connectivity index (χ3v) is 3.22. The number of hydrogen-bond acceptors (Lipinski definition) is 3. The Morgan fingerprint density at radius 2 is 1.92 bits per heavy atom. The highest BCUT2D eigenvalue weighted by Crippen LogP contribution is 2.37. The number of aliphatic hydroxyl groups is 3. The van der Waals surface area contributed by atoms with Crippen LogP contribution in [0.15, 0.2) is 0 Å². The fourth-order valence-corrected chi connectivity index (χ4v) is 1.92. The van der Waals surface area contributed by atoms with Crippen LogP contribution in [0.4, 0.5) is 0 Å². The van der Waals surface area contributed by atoms with Gasteiger partial charge in [-0.1, -0.05) is 0 Å². The van der Waals surface area contributed by atoms with E-state index < -0.39 is 17.3 Å². The van der Waals surface area contributed by atoms with Crippen LogP contribution in [0, 0.1) is 5.92 Å². The molecule has 1 saturated carbocycles. The van der Waals surface area contributed by atoms with Crippen molar-refractivity contribution >= 4 is 0 Å². The van der Waals surface area contributed by atoms with Crippen molar-refractivity contribution in [3.63, 3.8) is 0 Å². The Bertz CT molecular complexity index is 181. The lowest BCUT2D eigenvalue weighted by Crippen LogP contribution is -2.48. The lowest BCUT2D eigenvalue weighted by Gasteiger charge is -2.42. The molecule has 0 amide bonds. The summed E-state index contributed by atoms with van der Waals surface area (Å²) >= 11 is 0. The van der Waals surface area contributed by atoms with E-state index in [0.717, 1.165) is 6.42 Å². The first-order chi connectivity index (χ1) is 5.73. The molecule has 0 spiro atoms. The maximum Gasteiger partial charge on any atom is 0.0877 e. The van der Waals surface area contributed by atoms with Gasteiger partial charge in [0, 0.05) is 0 Å². The van der Waals surface area contributed by atoms with E-state index in [4.69, 9.17) is 0 Å². The number of rotatable bonds is 1. The Hall–Kier alpha value is -0.120. The van der Waals surface area contributed by atoms with E-state index in [-0.39, 0.29) is 5.92 Å². The Balaban J connectivity index is 2.61. The van der Waals surface area contributed by atoms with Crippen LogP contribution in [0.25, 0.3) is 0 Å². The molecule has 0 aliphatic heterocycles. The van der Waals surface area contributed by atoms with Gasteiger partial charge in [-0.3, -0.25) is 0 Å². The second-order valence-corrected chi connectivity index (χ2v) is 5.00. The molecule has 0 saturated heterocycles. The van der Waals surface area contributed by atoms with Crippen molar-refractivity contribution in [2.45, 2.75) is 57.3 Å². The first kappa shape index (κ1) is 11.0. The van der Waals surface area contributed by atoms with Gasteiger partial charge >= 0.3 is 0 Å². The molecule has 1 aliphatic carbocycles. The Morgan fingerprint density at radius 3 is 2.31 bits per heavy atom. The van der Waals surface area contributed by atoms with Crippen LogP contribution in [-0.2, 0) is 0 Å². The summed E-state index contributed by atoms with van der Waals surface area (Å²) in [4.78, 5) is 0. The van der Waals surface area contributed by atoms with Gasteiger partial charge < -0.3 is 15.3 Å². The fourth-order valence-electron chi connectivity index (χ4n) is 1.92. The lowest BCUT2D eigenvalue weighted by atomic mass is 9.72. The molecule has 1 aliphatic rings. The van der Waals surface area contributed by atoms with Gasteiger partial charge in [-0.05, 0) is 46.0 Å². The number of hydrogen-bond donors (Lipinski definition) is 3. The van der Waals surface area contributed by atoms with E-state index in [1.54, 1.807) is 20.8 Å². The summed E-state index contributed by atoms with van der Waals surface area (Å²) in [6.45, 7) is 5.16. The molecule has 0 bridgehead atoms. The van der Waals surface area contributed by atoms with Crippen molar-refractivity contribution in [3.05, 3.63) is 0 Å². The van der Waals surface area contributed by atoms with Crippen molar-refractivity contribution < 1.29 is 15.3 Å². The second kappa shape index (κ2) is 3.23. The first-order valence-electron chi connectivity index (χ1n) is 4.86. The van der Waals surface area contributed by atoms with E-state index in [1.807, 2.05) is 0 Å². The molecule has 0 heterocycles. The zero-order chi connectivity index (χ0) is 10.3. The van der Waals surface area contributed by atoms with Gasteiger partial charge in [0.2, 0.25) is 0 Å². The maximum absolute atomic E-state index is 9.74. The Morgan fingerprint density at radius 1 is 1.38 bits per heavy atom. The molecule has 0 radical (unpaired) electrons. The second-order valence-electron chi connectivity index (χ2n) is 5.00. The third kappa shape index (κ3) is 2.42. The molecule has 1 rings (SSSR count). The van der Waals surface area contributed by atoms with Crippen LogP contribution in [0.1, 0.15) is 40.0 Å². The molecule has 0 unspecified atom stereocenters. The summed E-state index contributed by atoms with van der Waals surface area (Å²) in [7, 11) is 0. The van der Waals surface area contributed by atoms with Crippen LogP contribution >= 0.6 is 0 Å². The summed E-state index contributed by atoms with van der Waals surface area (Å²) in [5, 5.41) is 29.0. The highest BCUT2D eigenvalue weighted by Gasteiger charge is 2.41. The van der Waals surface area contributed by atoms with Crippen LogP contribution in [0.5, 0.6) is 0 Å². The van der Waals surface area contributed by atoms with E-state index >= 15 is 0 Å². The Labute approximate surface area is 79.4 Å². The Kier molecular flexibility index (Phi) is 2.72. The van der Waals surface area contributed by atoms with Crippen LogP contribution < -0.4 is 0 Å². The maximum atomic E-state index is 9.74. The number of aliphatic hydroxyl groups excluding tert-OH is 1. The largest absolute Gasteiger partial charge is 0.390 e. The molecule has 3 atom stereocenters. The topological polar surface area (TPSA) is 60.7 Å². The van der Waals surface area contributed by atoms with Gasteiger partial charge in [0.25, 0.3) is 0 Å². The third-order valence-electron chi connectivity index (χ3n) is 3.22. The summed E-state index contributed by atoms with van der Waals surface area (Å²) in [6, 6.07) is 0. The minimum atomic E-state index is -0.970. The van der Waals surface area contributed by atoms with Gasteiger partial charge in [0.05, 0.1) is 17.3 Å². The molecular weight excluding hydrogens is 168 g/mol.